The number of hydrogen-bond acceptors (Lipinski definition) is 4. The second-order valence-corrected chi connectivity index (χ2v) is 6.52. The van der Waals surface area contributed by atoms with Crippen molar-refractivity contribution in [3.8, 4) is 0 Å². The second-order valence-electron chi connectivity index (χ2n) is 6.52. The molecule has 1 unspecified atom stereocenters. The van der Waals surface area contributed by atoms with Crippen molar-refractivity contribution < 1.29 is 19.0 Å². The minimum absolute atomic E-state index is 0.0187. The molecule has 0 N–H and O–H groups in total. The van der Waals surface area contributed by atoms with Crippen LogP contribution in [0.25, 0.3) is 6.08 Å². The first-order valence-electron chi connectivity index (χ1n) is 9.20. The minimum atomic E-state index is -1.75. The standard InChI is InChI=1S/C20H29N2O4/c1-5-7-11-16(6-2)15-21-19(23)18(14-17-12-9-8-10-13-17)22(24)20(21,25-3)26-4/h8-10,12-14,16H,5-7,11,15H2,1-4H3/q+1. The highest BCUT2D eigenvalue weighted by Crippen LogP contribution is 2.34. The van der Waals surface area contributed by atoms with Gasteiger partial charge in [0.05, 0.1) is 0 Å². The number of carbonyl (C=O) groups excluding carboxylic acids is 1. The Labute approximate surface area is 155 Å². The lowest BCUT2D eigenvalue weighted by Crippen LogP contribution is -2.54. The van der Waals surface area contributed by atoms with Gasteiger partial charge in [-0.3, -0.25) is 14.3 Å². The van der Waals surface area contributed by atoms with Crippen LogP contribution in [0.15, 0.2) is 36.0 Å². The van der Waals surface area contributed by atoms with Crippen molar-refractivity contribution in [2.45, 2.75) is 45.6 Å². The number of methoxy groups -OCH3 is 2. The molecule has 142 valence electrons. The van der Waals surface area contributed by atoms with Crippen molar-refractivity contribution >= 4 is 12.0 Å². The van der Waals surface area contributed by atoms with E-state index < -0.39 is 6.03 Å². The minimum Gasteiger partial charge on any atom is -0.275 e. The number of carbonyl (C=O) groups is 1. The maximum Gasteiger partial charge on any atom is 0.535 e. The van der Waals surface area contributed by atoms with Gasteiger partial charge < -0.3 is 0 Å². The summed E-state index contributed by atoms with van der Waals surface area (Å²) in [6, 6.07) is 7.53. The van der Waals surface area contributed by atoms with Crippen LogP contribution in [0, 0.1) is 10.8 Å². The number of ether oxygens (including phenoxy) is 2. The molecule has 1 amide bonds. The third-order valence-corrected chi connectivity index (χ3v) is 4.90. The van der Waals surface area contributed by atoms with Gasteiger partial charge in [-0.15, -0.1) is 0 Å². The SMILES string of the molecule is CCCCC(CC)CN1C(=O)C(=Cc2ccccc2)[N+](=O)C1(OC)OC. The van der Waals surface area contributed by atoms with E-state index in [0.717, 1.165) is 31.2 Å². The lowest BCUT2D eigenvalue weighted by Gasteiger charge is -2.28. The largest absolute Gasteiger partial charge is 0.535 e. The molecule has 0 aromatic heterocycles. The number of unbranched alkanes of at least 4 members (excludes halogenated alkanes) is 1. The molecule has 0 saturated carbocycles. The maximum atomic E-state index is 13.0. The van der Waals surface area contributed by atoms with Crippen molar-refractivity contribution in [2.75, 3.05) is 20.8 Å². The number of benzene rings is 1. The third-order valence-electron chi connectivity index (χ3n) is 4.90. The van der Waals surface area contributed by atoms with Gasteiger partial charge in [-0.25, -0.2) is 4.90 Å². The van der Waals surface area contributed by atoms with Crippen molar-refractivity contribution in [1.82, 2.24) is 4.90 Å². The van der Waals surface area contributed by atoms with Gasteiger partial charge in [0.2, 0.25) is 0 Å². The van der Waals surface area contributed by atoms with E-state index >= 15 is 0 Å². The number of amides is 1. The summed E-state index contributed by atoms with van der Waals surface area (Å²) in [6.07, 6.45) is 5.67. The maximum absolute atomic E-state index is 13.0. The predicted octanol–water partition coefficient (Wildman–Crippen LogP) is 3.77. The molecular formula is C20H29N2O4+. The molecule has 1 atom stereocenters. The van der Waals surface area contributed by atoms with E-state index in [1.807, 2.05) is 30.3 Å². The van der Waals surface area contributed by atoms with Gasteiger partial charge in [0.15, 0.2) is 0 Å². The third kappa shape index (κ3) is 3.86. The summed E-state index contributed by atoms with van der Waals surface area (Å²) >= 11 is 0. The van der Waals surface area contributed by atoms with E-state index in [1.54, 1.807) is 6.08 Å². The Morgan fingerprint density at radius 2 is 1.85 bits per heavy atom. The van der Waals surface area contributed by atoms with E-state index in [1.165, 1.54) is 19.1 Å². The summed E-state index contributed by atoms with van der Waals surface area (Å²) in [5, 5.41) is 0. The van der Waals surface area contributed by atoms with Crippen LogP contribution in [0.1, 0.15) is 45.1 Å². The van der Waals surface area contributed by atoms with Crippen LogP contribution >= 0.6 is 0 Å². The summed E-state index contributed by atoms with van der Waals surface area (Å²) in [4.78, 5) is 27.4. The van der Waals surface area contributed by atoms with Gasteiger partial charge in [0, 0.05) is 31.7 Å². The van der Waals surface area contributed by atoms with Crippen LogP contribution in [-0.4, -0.2) is 42.4 Å². The van der Waals surface area contributed by atoms with Gasteiger partial charge in [-0.2, -0.15) is 0 Å². The number of hydrogen-bond donors (Lipinski definition) is 0. The molecule has 1 aromatic carbocycles. The number of nitrogens with zero attached hydrogens (tertiary/aromatic N) is 2. The summed E-state index contributed by atoms with van der Waals surface area (Å²) in [6.45, 7) is 4.65. The Bertz CT molecular complexity index is 653. The summed E-state index contributed by atoms with van der Waals surface area (Å²) in [5.74, 6) is -0.0875. The molecular weight excluding hydrogens is 332 g/mol. The lowest BCUT2D eigenvalue weighted by molar-refractivity contribution is -0.707. The van der Waals surface area contributed by atoms with Crippen LogP contribution in [-0.2, 0) is 14.3 Å². The first kappa shape index (κ1) is 20.3. The molecule has 0 aliphatic carbocycles. The monoisotopic (exact) mass is 361 g/mol. The molecule has 6 nitrogen and oxygen atoms in total. The molecule has 1 fully saturated rings. The van der Waals surface area contributed by atoms with Crippen molar-refractivity contribution in [1.29, 1.82) is 0 Å². The van der Waals surface area contributed by atoms with Crippen molar-refractivity contribution in [3.05, 3.63) is 46.5 Å². The van der Waals surface area contributed by atoms with Crippen LogP contribution in [0.3, 0.4) is 0 Å². The average molecular weight is 361 g/mol. The van der Waals surface area contributed by atoms with Gasteiger partial charge in [-0.05, 0) is 17.9 Å². The molecule has 1 heterocycles. The molecule has 1 aromatic rings. The van der Waals surface area contributed by atoms with E-state index in [-0.39, 0.29) is 17.5 Å². The Kier molecular flexibility index (Phi) is 7.06. The Balaban J connectivity index is 2.37. The van der Waals surface area contributed by atoms with E-state index in [0.29, 0.717) is 11.3 Å². The molecule has 1 aliphatic rings. The highest BCUT2D eigenvalue weighted by molar-refractivity contribution is 5.97. The van der Waals surface area contributed by atoms with E-state index in [2.05, 4.69) is 13.8 Å². The van der Waals surface area contributed by atoms with Gasteiger partial charge in [-0.1, -0.05) is 63.4 Å². The van der Waals surface area contributed by atoms with Crippen LogP contribution in [0.4, 0.5) is 0 Å². The smallest absolute Gasteiger partial charge is 0.275 e. The molecule has 0 bridgehead atoms. The van der Waals surface area contributed by atoms with Crippen molar-refractivity contribution in [2.24, 2.45) is 5.92 Å². The highest BCUT2D eigenvalue weighted by Gasteiger charge is 2.67. The van der Waals surface area contributed by atoms with Crippen molar-refractivity contribution in [3.63, 3.8) is 0 Å². The average Bonchev–Trinajstić information content (AvgIpc) is 2.87. The lowest BCUT2D eigenvalue weighted by atomic mass is 9.99. The summed E-state index contributed by atoms with van der Waals surface area (Å²) < 4.78 is 11.4. The zero-order chi connectivity index (χ0) is 19.2. The number of rotatable bonds is 9. The first-order valence-corrected chi connectivity index (χ1v) is 9.20. The molecule has 1 aliphatic heterocycles. The highest BCUT2D eigenvalue weighted by atomic mass is 16.8. The van der Waals surface area contributed by atoms with E-state index in [9.17, 15) is 9.70 Å². The first-order chi connectivity index (χ1) is 12.5. The second kappa shape index (κ2) is 9.05. The fourth-order valence-corrected chi connectivity index (χ4v) is 3.29. The van der Waals surface area contributed by atoms with Crippen LogP contribution in [0.2, 0.25) is 0 Å². The van der Waals surface area contributed by atoms with E-state index in [4.69, 9.17) is 9.47 Å². The zero-order valence-electron chi connectivity index (χ0n) is 16.1. The molecule has 26 heavy (non-hydrogen) atoms. The van der Waals surface area contributed by atoms with Gasteiger partial charge >= 0.3 is 17.6 Å². The number of nitroso groups, excluding NO2 is 1. The van der Waals surface area contributed by atoms with Gasteiger partial charge in [0.1, 0.15) is 4.76 Å². The fourth-order valence-electron chi connectivity index (χ4n) is 3.29. The molecule has 2 rings (SSSR count). The summed E-state index contributed by atoms with van der Waals surface area (Å²) in [7, 11) is 2.76. The normalized spacial score (nSPS) is 19.4. The zero-order valence-corrected chi connectivity index (χ0v) is 16.1. The van der Waals surface area contributed by atoms with Crippen LogP contribution < -0.4 is 0 Å². The predicted molar refractivity (Wildman–Crippen MR) is 99.8 cm³/mol. The molecule has 6 heteroatoms. The Hall–Kier alpha value is -2.05. The fraction of sp³-hybridized carbons (Fsp3) is 0.550. The topological polar surface area (TPSA) is 58.9 Å². The Morgan fingerprint density at radius 1 is 1.19 bits per heavy atom. The summed E-state index contributed by atoms with van der Waals surface area (Å²) in [5.41, 5.74) is 0.794. The van der Waals surface area contributed by atoms with Crippen LogP contribution in [0.5, 0.6) is 0 Å². The molecule has 0 radical (unpaired) electrons. The van der Waals surface area contributed by atoms with Gasteiger partial charge in [0.25, 0.3) is 0 Å². The molecule has 1 saturated heterocycles. The quantitative estimate of drug-likeness (QED) is 0.382. The molecule has 0 spiro atoms. The Morgan fingerprint density at radius 3 is 2.38 bits per heavy atom.